The molecule has 5 nitrogen and oxygen atoms in total. The van der Waals surface area contributed by atoms with Crippen LogP contribution in [-0.2, 0) is 6.54 Å². The number of amides is 1. The number of aryl methyl sites for hydroxylation is 3. The second-order valence-corrected chi connectivity index (χ2v) is 6.96. The number of nitrogens with zero attached hydrogens (tertiary/aromatic N) is 2. The van der Waals surface area contributed by atoms with Gasteiger partial charge in [-0.3, -0.25) is 4.79 Å². The van der Waals surface area contributed by atoms with Gasteiger partial charge < -0.3 is 10.6 Å². The van der Waals surface area contributed by atoms with Gasteiger partial charge in [-0.2, -0.15) is 0 Å². The van der Waals surface area contributed by atoms with Gasteiger partial charge in [-0.05, 0) is 50.1 Å². The monoisotopic (exact) mass is 398 g/mol. The molecule has 1 aromatic heterocycles. The van der Waals surface area contributed by atoms with Gasteiger partial charge in [-0.15, -0.1) is 0 Å². The molecule has 0 aliphatic rings. The van der Waals surface area contributed by atoms with E-state index in [2.05, 4.69) is 20.6 Å². The second kappa shape index (κ2) is 8.35. The van der Waals surface area contributed by atoms with E-state index in [-0.39, 0.29) is 24.0 Å². The van der Waals surface area contributed by atoms with Crippen molar-refractivity contribution >= 4 is 29.1 Å². The van der Waals surface area contributed by atoms with Gasteiger partial charge in [0.15, 0.2) is 0 Å². The lowest BCUT2D eigenvalue weighted by molar-refractivity contribution is 0.102. The van der Waals surface area contributed by atoms with Crippen LogP contribution in [0.1, 0.15) is 32.9 Å². The Hall–Kier alpha value is -2.99. The number of aromatic nitrogens is 2. The highest BCUT2D eigenvalue weighted by atomic mass is 35.5. The Balaban J connectivity index is 1.79. The predicted octanol–water partition coefficient (Wildman–Crippen LogP) is 5.06. The molecule has 0 saturated carbocycles. The molecule has 3 rings (SSSR count). The highest BCUT2D eigenvalue weighted by Gasteiger charge is 2.14. The van der Waals surface area contributed by atoms with E-state index < -0.39 is 5.91 Å². The van der Waals surface area contributed by atoms with E-state index in [1.165, 1.54) is 6.07 Å². The van der Waals surface area contributed by atoms with Crippen LogP contribution in [0.25, 0.3) is 0 Å². The molecule has 2 aromatic carbocycles. The molecule has 0 saturated heterocycles. The first-order valence-corrected chi connectivity index (χ1v) is 9.12. The second-order valence-electron chi connectivity index (χ2n) is 6.56. The molecule has 1 amide bonds. The van der Waals surface area contributed by atoms with Crippen molar-refractivity contribution in [1.29, 1.82) is 0 Å². The van der Waals surface area contributed by atoms with Crippen LogP contribution in [0, 0.1) is 26.6 Å². The first-order chi connectivity index (χ1) is 13.3. The molecule has 144 valence electrons. The highest BCUT2D eigenvalue weighted by molar-refractivity contribution is 6.34. The summed E-state index contributed by atoms with van der Waals surface area (Å²) in [4.78, 5) is 21.2. The largest absolute Gasteiger partial charge is 0.350 e. The van der Waals surface area contributed by atoms with Gasteiger partial charge in [-0.1, -0.05) is 35.9 Å². The van der Waals surface area contributed by atoms with Crippen LogP contribution in [0.4, 0.5) is 16.0 Å². The minimum Gasteiger partial charge on any atom is -0.350 e. The third-order valence-electron chi connectivity index (χ3n) is 4.15. The maximum atomic E-state index is 13.8. The van der Waals surface area contributed by atoms with Gasteiger partial charge in [0.05, 0.1) is 10.7 Å². The van der Waals surface area contributed by atoms with Crippen LogP contribution in [0.15, 0.2) is 42.5 Å². The highest BCUT2D eigenvalue weighted by Crippen LogP contribution is 2.27. The van der Waals surface area contributed by atoms with Crippen molar-refractivity contribution < 1.29 is 9.18 Å². The molecule has 2 N–H and O–H groups in total. The summed E-state index contributed by atoms with van der Waals surface area (Å²) in [6, 6.07) is 11.8. The number of anilines is 2. The zero-order chi connectivity index (χ0) is 20.3. The summed E-state index contributed by atoms with van der Waals surface area (Å²) in [5, 5.41) is 6.24. The van der Waals surface area contributed by atoms with Crippen molar-refractivity contribution in [3.05, 3.63) is 81.4 Å². The third-order valence-corrected chi connectivity index (χ3v) is 4.45. The Bertz CT molecular complexity index is 1020. The fourth-order valence-electron chi connectivity index (χ4n) is 2.83. The molecule has 0 fully saturated rings. The van der Waals surface area contributed by atoms with Gasteiger partial charge in [-0.25, -0.2) is 14.4 Å². The first-order valence-electron chi connectivity index (χ1n) is 8.74. The van der Waals surface area contributed by atoms with E-state index in [9.17, 15) is 9.18 Å². The Labute approximate surface area is 168 Å². The topological polar surface area (TPSA) is 66.9 Å². The van der Waals surface area contributed by atoms with E-state index >= 15 is 0 Å². The Kier molecular flexibility index (Phi) is 5.90. The maximum Gasteiger partial charge on any atom is 0.274 e. The molecule has 0 aliphatic heterocycles. The fraction of sp³-hybridized carbons (Fsp3) is 0.190. The van der Waals surface area contributed by atoms with Crippen molar-refractivity contribution in [3.8, 4) is 0 Å². The van der Waals surface area contributed by atoms with Crippen LogP contribution in [0.3, 0.4) is 0 Å². The van der Waals surface area contributed by atoms with Crippen LogP contribution in [0.5, 0.6) is 0 Å². The summed E-state index contributed by atoms with van der Waals surface area (Å²) in [5.74, 6) is -0.460. The summed E-state index contributed by atoms with van der Waals surface area (Å²) in [6.45, 7) is 5.78. The summed E-state index contributed by atoms with van der Waals surface area (Å²) in [5.41, 5.74) is 3.72. The standard InChI is InChI=1S/C21H20ClFN4O/c1-12-8-13(2)19(16(22)9-12)27-20(28)18-10-14(3)25-21(26-18)24-11-15-6-4-5-7-17(15)23/h4-10H,11H2,1-3H3,(H,27,28)(H,24,25,26). The molecule has 7 heteroatoms. The SMILES string of the molecule is Cc1cc(C)c(NC(=O)c2cc(C)nc(NCc3ccccc3F)n2)c(Cl)c1. The van der Waals surface area contributed by atoms with Crippen LogP contribution in [0.2, 0.25) is 5.02 Å². The number of carbonyl (C=O) groups excluding carboxylic acids is 1. The molecule has 28 heavy (non-hydrogen) atoms. The van der Waals surface area contributed by atoms with Crippen molar-refractivity contribution in [2.24, 2.45) is 0 Å². The lowest BCUT2D eigenvalue weighted by Crippen LogP contribution is -2.17. The van der Waals surface area contributed by atoms with Crippen molar-refractivity contribution in [3.63, 3.8) is 0 Å². The lowest BCUT2D eigenvalue weighted by Gasteiger charge is -2.12. The number of nitrogens with one attached hydrogen (secondary N) is 2. The maximum absolute atomic E-state index is 13.8. The van der Waals surface area contributed by atoms with E-state index in [0.29, 0.717) is 22.0 Å². The molecule has 3 aromatic rings. The molecule has 0 unspecified atom stereocenters. The number of hydrogen-bond acceptors (Lipinski definition) is 4. The molecule has 1 heterocycles. The molecule has 0 radical (unpaired) electrons. The number of hydrogen-bond donors (Lipinski definition) is 2. The summed E-state index contributed by atoms with van der Waals surface area (Å²) < 4.78 is 13.8. The van der Waals surface area contributed by atoms with E-state index in [0.717, 1.165) is 11.1 Å². The van der Waals surface area contributed by atoms with Gasteiger partial charge in [0.1, 0.15) is 11.5 Å². The molecule has 0 spiro atoms. The Morgan fingerprint density at radius 3 is 2.57 bits per heavy atom. The minimum atomic E-state index is -0.395. The minimum absolute atomic E-state index is 0.194. The predicted molar refractivity (Wildman–Crippen MR) is 109 cm³/mol. The van der Waals surface area contributed by atoms with Crippen molar-refractivity contribution in [2.45, 2.75) is 27.3 Å². The summed E-state index contributed by atoms with van der Waals surface area (Å²) in [6.07, 6.45) is 0. The zero-order valence-corrected chi connectivity index (χ0v) is 16.6. The summed E-state index contributed by atoms with van der Waals surface area (Å²) >= 11 is 6.27. The third kappa shape index (κ3) is 4.64. The van der Waals surface area contributed by atoms with Crippen LogP contribution in [-0.4, -0.2) is 15.9 Å². The molecular weight excluding hydrogens is 379 g/mol. The van der Waals surface area contributed by atoms with Crippen molar-refractivity contribution in [1.82, 2.24) is 9.97 Å². The quantitative estimate of drug-likeness (QED) is 0.630. The Morgan fingerprint density at radius 2 is 1.86 bits per heavy atom. The first kappa shape index (κ1) is 19.8. The Morgan fingerprint density at radius 1 is 1.11 bits per heavy atom. The smallest absolute Gasteiger partial charge is 0.274 e. The average Bonchev–Trinajstić information content (AvgIpc) is 2.63. The number of rotatable bonds is 5. The van der Waals surface area contributed by atoms with Gasteiger partial charge in [0.2, 0.25) is 5.95 Å². The van der Waals surface area contributed by atoms with Gasteiger partial charge in [0, 0.05) is 17.8 Å². The molecule has 0 aliphatic carbocycles. The molecule has 0 atom stereocenters. The zero-order valence-electron chi connectivity index (χ0n) is 15.8. The molecule has 0 bridgehead atoms. The number of halogens is 2. The van der Waals surface area contributed by atoms with Crippen LogP contribution >= 0.6 is 11.6 Å². The lowest BCUT2D eigenvalue weighted by atomic mass is 10.1. The average molecular weight is 399 g/mol. The van der Waals surface area contributed by atoms with E-state index in [1.807, 2.05) is 19.9 Å². The number of carbonyl (C=O) groups is 1. The van der Waals surface area contributed by atoms with Crippen LogP contribution < -0.4 is 10.6 Å². The normalized spacial score (nSPS) is 10.6. The van der Waals surface area contributed by atoms with E-state index in [4.69, 9.17) is 11.6 Å². The van der Waals surface area contributed by atoms with Gasteiger partial charge in [0.25, 0.3) is 5.91 Å². The van der Waals surface area contributed by atoms with Crippen molar-refractivity contribution in [2.75, 3.05) is 10.6 Å². The summed E-state index contributed by atoms with van der Waals surface area (Å²) in [7, 11) is 0. The van der Waals surface area contributed by atoms with E-state index in [1.54, 1.807) is 37.3 Å². The van der Waals surface area contributed by atoms with Gasteiger partial charge >= 0.3 is 0 Å². The number of benzene rings is 2. The fourth-order valence-corrected chi connectivity index (χ4v) is 3.20. The molecular formula is C21H20ClFN4O.